The summed E-state index contributed by atoms with van der Waals surface area (Å²) in [7, 11) is 0. The van der Waals surface area contributed by atoms with Gasteiger partial charge < -0.3 is 9.47 Å². The molecule has 2 aliphatic carbocycles. The number of para-hydroxylation sites is 3. The van der Waals surface area contributed by atoms with Gasteiger partial charge in [0.15, 0.2) is 0 Å². The predicted molar refractivity (Wildman–Crippen MR) is 204 cm³/mol. The van der Waals surface area contributed by atoms with E-state index in [1.807, 2.05) is 0 Å². The largest absolute Gasteiger partial charge is 0.310 e. The quantitative estimate of drug-likeness (QED) is 0.190. The summed E-state index contributed by atoms with van der Waals surface area (Å²) in [6, 6.07) is 67.1. The molecule has 2 nitrogen and oxygen atoms in total. The van der Waals surface area contributed by atoms with E-state index >= 15 is 0 Å². The van der Waals surface area contributed by atoms with E-state index in [2.05, 4.69) is 191 Å². The molecule has 1 aromatic heterocycles. The maximum atomic E-state index is 2.49. The first kappa shape index (κ1) is 26.7. The van der Waals surface area contributed by atoms with Crippen molar-refractivity contribution in [1.82, 2.24) is 4.57 Å². The summed E-state index contributed by atoms with van der Waals surface area (Å²) < 4.78 is 2.49. The summed E-state index contributed by atoms with van der Waals surface area (Å²) in [5.41, 5.74) is 14.6. The van der Waals surface area contributed by atoms with Crippen molar-refractivity contribution in [2.45, 2.75) is 5.41 Å². The van der Waals surface area contributed by atoms with E-state index in [0.29, 0.717) is 0 Å². The van der Waals surface area contributed by atoms with Gasteiger partial charge in [-0.3, -0.25) is 0 Å². The fraction of sp³-hybridized carbons (Fsp3) is 0.0213. The van der Waals surface area contributed by atoms with Crippen molar-refractivity contribution in [3.63, 3.8) is 0 Å². The Morgan fingerprint density at radius 2 is 0.898 bits per heavy atom. The highest BCUT2D eigenvalue weighted by Gasteiger charge is 2.50. The highest BCUT2D eigenvalue weighted by atomic mass is 15.1. The van der Waals surface area contributed by atoms with Crippen LogP contribution in [-0.2, 0) is 5.41 Å². The van der Waals surface area contributed by atoms with E-state index in [0.717, 1.165) is 17.1 Å². The smallest absolute Gasteiger partial charge is 0.0726 e. The van der Waals surface area contributed by atoms with E-state index in [4.69, 9.17) is 0 Å². The number of aromatic nitrogens is 1. The third-order valence-electron chi connectivity index (χ3n) is 10.9. The van der Waals surface area contributed by atoms with Gasteiger partial charge in [-0.25, -0.2) is 0 Å². The first-order chi connectivity index (χ1) is 24.4. The zero-order chi connectivity index (χ0) is 32.1. The Morgan fingerprint density at radius 1 is 0.388 bits per heavy atom. The molecule has 8 aromatic carbocycles. The summed E-state index contributed by atoms with van der Waals surface area (Å²) in [6.07, 6.45) is 0. The van der Waals surface area contributed by atoms with Crippen molar-refractivity contribution in [3.05, 3.63) is 204 Å². The fourth-order valence-corrected chi connectivity index (χ4v) is 9.20. The van der Waals surface area contributed by atoms with E-state index in [-0.39, 0.29) is 0 Å². The van der Waals surface area contributed by atoms with E-state index in [9.17, 15) is 0 Å². The van der Waals surface area contributed by atoms with Gasteiger partial charge >= 0.3 is 0 Å². The Kier molecular flexibility index (Phi) is 5.34. The molecule has 228 valence electrons. The first-order valence-corrected chi connectivity index (χ1v) is 17.0. The average molecular weight is 623 g/mol. The topological polar surface area (TPSA) is 8.17 Å². The van der Waals surface area contributed by atoms with Gasteiger partial charge in [0, 0.05) is 33.2 Å². The van der Waals surface area contributed by atoms with Crippen molar-refractivity contribution in [1.29, 1.82) is 0 Å². The standard InChI is InChI=1S/C47H30N2/c1-4-16-31(17-5-1)48(32-18-6-2-7-19-32)42-30-43-46-44-36(42)24-14-27-39(44)47(37-25-12-10-22-34(37)35-23-11-13-26-38(35)47)40-28-15-29-41(45(40)46)49(43)33-20-8-3-9-21-33/h1-30H. The minimum Gasteiger partial charge on any atom is -0.310 e. The highest BCUT2D eigenvalue weighted by Crippen LogP contribution is 2.63. The maximum Gasteiger partial charge on any atom is 0.0726 e. The van der Waals surface area contributed by atoms with Gasteiger partial charge in [-0.2, -0.15) is 0 Å². The molecule has 0 saturated carbocycles. The summed E-state index contributed by atoms with van der Waals surface area (Å²) in [6.45, 7) is 0. The molecule has 11 rings (SSSR count). The van der Waals surface area contributed by atoms with Gasteiger partial charge in [0.2, 0.25) is 0 Å². The SMILES string of the molecule is c1ccc(N(c2ccccc2)c2cc3c4c5c(cccc25)C2(c5ccccc5-c5ccccc52)c2cccc(c24)n3-c2ccccc2)cc1. The Labute approximate surface area is 284 Å². The zero-order valence-electron chi connectivity index (χ0n) is 26.7. The molecule has 0 bridgehead atoms. The number of hydrogen-bond acceptors (Lipinski definition) is 1. The van der Waals surface area contributed by atoms with Crippen molar-refractivity contribution in [2.24, 2.45) is 0 Å². The van der Waals surface area contributed by atoms with Crippen molar-refractivity contribution in [3.8, 4) is 16.8 Å². The van der Waals surface area contributed by atoms with Crippen LogP contribution in [0.5, 0.6) is 0 Å². The van der Waals surface area contributed by atoms with Gasteiger partial charge in [0.05, 0.1) is 22.1 Å². The zero-order valence-corrected chi connectivity index (χ0v) is 26.7. The molecule has 0 amide bonds. The highest BCUT2D eigenvalue weighted by molar-refractivity contribution is 6.29. The van der Waals surface area contributed by atoms with E-state index in [1.165, 1.54) is 71.6 Å². The van der Waals surface area contributed by atoms with Gasteiger partial charge in [0.1, 0.15) is 0 Å². The molecule has 1 spiro atoms. The molecule has 0 atom stereocenters. The number of hydrogen-bond donors (Lipinski definition) is 0. The molecule has 0 radical (unpaired) electrons. The fourth-order valence-electron chi connectivity index (χ4n) is 9.20. The first-order valence-electron chi connectivity index (χ1n) is 17.0. The third-order valence-corrected chi connectivity index (χ3v) is 10.9. The lowest BCUT2D eigenvalue weighted by molar-refractivity contribution is 0.783. The van der Waals surface area contributed by atoms with Crippen LogP contribution in [0.2, 0.25) is 0 Å². The minimum atomic E-state index is -0.460. The summed E-state index contributed by atoms with van der Waals surface area (Å²) in [5, 5.41) is 5.25. The Bertz CT molecular complexity index is 2670. The second kappa shape index (κ2) is 9.82. The van der Waals surface area contributed by atoms with Crippen LogP contribution < -0.4 is 4.90 Å². The lowest BCUT2D eigenvalue weighted by atomic mass is 9.63. The molecule has 2 heteroatoms. The van der Waals surface area contributed by atoms with Crippen LogP contribution in [0.4, 0.5) is 17.1 Å². The normalized spacial score (nSPS) is 13.5. The van der Waals surface area contributed by atoms with Gasteiger partial charge in [-0.1, -0.05) is 133 Å². The van der Waals surface area contributed by atoms with E-state index in [1.54, 1.807) is 0 Å². The summed E-state index contributed by atoms with van der Waals surface area (Å²) in [4.78, 5) is 2.43. The second-order valence-corrected chi connectivity index (χ2v) is 13.2. The number of nitrogens with zero attached hydrogens (tertiary/aromatic N) is 2. The molecule has 9 aromatic rings. The van der Waals surface area contributed by atoms with Gasteiger partial charge in [-0.05, 0) is 87.3 Å². The van der Waals surface area contributed by atoms with Crippen molar-refractivity contribution >= 4 is 49.6 Å². The Hall–Kier alpha value is -6.38. The molecule has 49 heavy (non-hydrogen) atoms. The lowest BCUT2D eigenvalue weighted by Crippen LogP contribution is -2.30. The molecule has 0 N–H and O–H groups in total. The summed E-state index contributed by atoms with van der Waals surface area (Å²) in [5.74, 6) is 0. The minimum absolute atomic E-state index is 0.460. The predicted octanol–water partition coefficient (Wildman–Crippen LogP) is 12.1. The Morgan fingerprint density at radius 3 is 1.53 bits per heavy atom. The Balaban J connectivity index is 1.40. The van der Waals surface area contributed by atoms with Crippen LogP contribution in [0, 0.1) is 0 Å². The van der Waals surface area contributed by atoms with Crippen LogP contribution in [-0.4, -0.2) is 4.57 Å². The second-order valence-electron chi connectivity index (χ2n) is 13.2. The van der Waals surface area contributed by atoms with Gasteiger partial charge in [0.25, 0.3) is 0 Å². The molecule has 0 fully saturated rings. The van der Waals surface area contributed by atoms with Crippen LogP contribution in [0.3, 0.4) is 0 Å². The molecular formula is C47H30N2. The number of anilines is 3. The monoisotopic (exact) mass is 622 g/mol. The van der Waals surface area contributed by atoms with Gasteiger partial charge in [-0.15, -0.1) is 0 Å². The lowest BCUT2D eigenvalue weighted by Gasteiger charge is -2.38. The molecule has 1 heterocycles. The number of rotatable bonds is 4. The van der Waals surface area contributed by atoms with Crippen LogP contribution in [0.15, 0.2) is 182 Å². The van der Waals surface area contributed by atoms with Crippen molar-refractivity contribution in [2.75, 3.05) is 4.90 Å². The number of fused-ring (bicyclic) bond motifs is 7. The van der Waals surface area contributed by atoms with Crippen LogP contribution in [0.1, 0.15) is 22.3 Å². The maximum absolute atomic E-state index is 2.49. The summed E-state index contributed by atoms with van der Waals surface area (Å²) >= 11 is 0. The average Bonchev–Trinajstić information content (AvgIpc) is 3.67. The van der Waals surface area contributed by atoms with Crippen molar-refractivity contribution < 1.29 is 0 Å². The molecular weight excluding hydrogens is 593 g/mol. The molecule has 0 unspecified atom stereocenters. The molecule has 0 saturated heterocycles. The van der Waals surface area contributed by atoms with Crippen LogP contribution in [0.25, 0.3) is 49.4 Å². The molecule has 0 aliphatic heterocycles. The van der Waals surface area contributed by atoms with E-state index < -0.39 is 5.41 Å². The van der Waals surface area contributed by atoms with Crippen LogP contribution >= 0.6 is 0 Å². The third kappa shape index (κ3) is 3.35. The number of benzene rings is 8. The molecule has 2 aliphatic rings.